The molecule has 0 saturated carbocycles. The number of carbonyl (C=O) groups is 1. The second kappa shape index (κ2) is 6.07. The molecule has 0 bridgehead atoms. The van der Waals surface area contributed by atoms with Crippen LogP contribution in [0.25, 0.3) is 0 Å². The summed E-state index contributed by atoms with van der Waals surface area (Å²) in [4.78, 5) is 15.3. The molecular formula is C13H14Cl2N2OS. The van der Waals surface area contributed by atoms with Crippen LogP contribution in [0.5, 0.6) is 0 Å². The first-order chi connectivity index (χ1) is 8.95. The number of nitrogens with zero attached hydrogens (tertiary/aromatic N) is 1. The van der Waals surface area contributed by atoms with Crippen molar-refractivity contribution in [2.24, 2.45) is 0 Å². The first-order valence-corrected chi connectivity index (χ1v) is 7.51. The molecule has 0 aromatic heterocycles. The summed E-state index contributed by atoms with van der Waals surface area (Å²) in [5.41, 5.74) is 1.77. The number of allylic oxidation sites excluding steroid dienone is 2. The SMILES string of the molecule is CC1=C(C)N(CC(=O)Nc2cc(Cl)cc(Cl)c2)CS1. The Morgan fingerprint density at radius 1 is 1.32 bits per heavy atom. The molecule has 0 radical (unpaired) electrons. The van der Waals surface area contributed by atoms with E-state index < -0.39 is 0 Å². The Hall–Kier alpha value is -0.840. The van der Waals surface area contributed by atoms with Crippen LogP contribution in [0, 0.1) is 0 Å². The van der Waals surface area contributed by atoms with E-state index in [1.807, 2.05) is 11.8 Å². The van der Waals surface area contributed by atoms with Gasteiger partial charge in [0, 0.05) is 26.3 Å². The lowest BCUT2D eigenvalue weighted by molar-refractivity contribution is -0.116. The Balaban J connectivity index is 1.98. The van der Waals surface area contributed by atoms with E-state index >= 15 is 0 Å². The van der Waals surface area contributed by atoms with Crippen LogP contribution >= 0.6 is 35.0 Å². The van der Waals surface area contributed by atoms with Crippen LogP contribution in [-0.2, 0) is 4.79 Å². The van der Waals surface area contributed by atoms with Gasteiger partial charge in [-0.05, 0) is 32.0 Å². The van der Waals surface area contributed by atoms with Crippen LogP contribution in [-0.4, -0.2) is 23.2 Å². The summed E-state index contributed by atoms with van der Waals surface area (Å²) in [6, 6.07) is 4.99. The minimum Gasteiger partial charge on any atom is -0.356 e. The molecule has 1 aliphatic rings. The van der Waals surface area contributed by atoms with E-state index in [4.69, 9.17) is 23.2 Å². The third kappa shape index (κ3) is 3.81. The van der Waals surface area contributed by atoms with Gasteiger partial charge in [-0.15, -0.1) is 11.8 Å². The lowest BCUT2D eigenvalue weighted by Gasteiger charge is -2.18. The van der Waals surface area contributed by atoms with E-state index in [9.17, 15) is 4.79 Å². The molecule has 1 N–H and O–H groups in total. The van der Waals surface area contributed by atoms with Crippen LogP contribution in [0.3, 0.4) is 0 Å². The average Bonchev–Trinajstić information content (AvgIpc) is 2.59. The van der Waals surface area contributed by atoms with E-state index in [2.05, 4.69) is 12.2 Å². The summed E-state index contributed by atoms with van der Waals surface area (Å²) in [6.07, 6.45) is 0. The highest BCUT2D eigenvalue weighted by molar-refractivity contribution is 8.03. The number of hydrogen-bond donors (Lipinski definition) is 1. The highest BCUT2D eigenvalue weighted by Gasteiger charge is 2.19. The molecule has 2 rings (SSSR count). The van der Waals surface area contributed by atoms with E-state index in [0.29, 0.717) is 22.3 Å². The molecule has 1 aliphatic heterocycles. The number of nitrogens with one attached hydrogen (secondary N) is 1. The van der Waals surface area contributed by atoms with Crippen molar-refractivity contribution < 1.29 is 4.79 Å². The predicted molar refractivity (Wildman–Crippen MR) is 82.6 cm³/mol. The molecule has 0 fully saturated rings. The molecule has 0 spiro atoms. The lowest BCUT2D eigenvalue weighted by Crippen LogP contribution is -2.30. The van der Waals surface area contributed by atoms with Gasteiger partial charge in [-0.1, -0.05) is 23.2 Å². The summed E-state index contributed by atoms with van der Waals surface area (Å²) >= 11 is 13.5. The first kappa shape index (κ1) is 14.6. The third-order valence-electron chi connectivity index (χ3n) is 2.90. The Morgan fingerprint density at radius 2 is 1.95 bits per heavy atom. The molecule has 0 atom stereocenters. The summed E-state index contributed by atoms with van der Waals surface area (Å²) in [6.45, 7) is 4.42. The zero-order chi connectivity index (χ0) is 14.0. The summed E-state index contributed by atoms with van der Waals surface area (Å²) in [5.74, 6) is 0.745. The fourth-order valence-electron chi connectivity index (χ4n) is 1.76. The van der Waals surface area contributed by atoms with Gasteiger partial charge in [0.25, 0.3) is 0 Å². The number of benzene rings is 1. The second-order valence-electron chi connectivity index (χ2n) is 4.32. The normalized spacial score (nSPS) is 15.1. The highest BCUT2D eigenvalue weighted by Crippen LogP contribution is 2.30. The Bertz CT molecular complexity index is 525. The van der Waals surface area contributed by atoms with Crippen molar-refractivity contribution in [3.05, 3.63) is 38.8 Å². The molecule has 19 heavy (non-hydrogen) atoms. The smallest absolute Gasteiger partial charge is 0.243 e. The van der Waals surface area contributed by atoms with Gasteiger partial charge in [0.05, 0.1) is 12.4 Å². The molecule has 0 aliphatic carbocycles. The molecule has 1 amide bonds. The Labute approximate surface area is 126 Å². The monoisotopic (exact) mass is 316 g/mol. The third-order valence-corrected chi connectivity index (χ3v) is 4.51. The number of thioether (sulfide) groups is 1. The maximum atomic E-state index is 12.0. The minimum atomic E-state index is -0.0759. The van der Waals surface area contributed by atoms with Gasteiger partial charge in [-0.2, -0.15) is 0 Å². The number of rotatable bonds is 3. The van der Waals surface area contributed by atoms with Gasteiger partial charge in [-0.3, -0.25) is 4.79 Å². The van der Waals surface area contributed by atoms with Crippen LogP contribution in [0.1, 0.15) is 13.8 Å². The first-order valence-electron chi connectivity index (χ1n) is 5.77. The number of carbonyl (C=O) groups excluding carboxylic acids is 1. The van der Waals surface area contributed by atoms with Crippen molar-refractivity contribution in [3.8, 4) is 0 Å². The van der Waals surface area contributed by atoms with E-state index in [1.54, 1.807) is 30.0 Å². The Morgan fingerprint density at radius 3 is 2.47 bits per heavy atom. The van der Waals surface area contributed by atoms with Gasteiger partial charge >= 0.3 is 0 Å². The van der Waals surface area contributed by atoms with Gasteiger partial charge in [-0.25, -0.2) is 0 Å². The maximum Gasteiger partial charge on any atom is 0.243 e. The van der Waals surface area contributed by atoms with E-state index in [1.165, 1.54) is 4.91 Å². The van der Waals surface area contributed by atoms with Crippen molar-refractivity contribution in [2.45, 2.75) is 13.8 Å². The molecular weight excluding hydrogens is 303 g/mol. The summed E-state index contributed by atoms with van der Waals surface area (Å²) in [7, 11) is 0. The van der Waals surface area contributed by atoms with Crippen molar-refractivity contribution in [2.75, 3.05) is 17.7 Å². The fourth-order valence-corrected chi connectivity index (χ4v) is 3.26. The quantitative estimate of drug-likeness (QED) is 0.907. The van der Waals surface area contributed by atoms with Gasteiger partial charge in [0.2, 0.25) is 5.91 Å². The molecule has 1 aromatic rings. The van der Waals surface area contributed by atoms with Crippen LogP contribution in [0.15, 0.2) is 28.8 Å². The number of anilines is 1. The largest absolute Gasteiger partial charge is 0.356 e. The predicted octanol–water partition coefficient (Wildman–Crippen LogP) is 4.19. The van der Waals surface area contributed by atoms with E-state index in [-0.39, 0.29) is 5.91 Å². The number of halogens is 2. The number of hydrogen-bond acceptors (Lipinski definition) is 3. The highest BCUT2D eigenvalue weighted by atomic mass is 35.5. The lowest BCUT2D eigenvalue weighted by atomic mass is 10.3. The fraction of sp³-hybridized carbons (Fsp3) is 0.308. The molecule has 102 valence electrons. The Kier molecular flexibility index (Phi) is 4.66. The second-order valence-corrected chi connectivity index (χ2v) is 6.35. The zero-order valence-electron chi connectivity index (χ0n) is 10.7. The van der Waals surface area contributed by atoms with Crippen molar-refractivity contribution in [1.82, 2.24) is 4.90 Å². The van der Waals surface area contributed by atoms with Crippen molar-refractivity contribution >= 4 is 46.6 Å². The molecule has 3 nitrogen and oxygen atoms in total. The van der Waals surface area contributed by atoms with Crippen molar-refractivity contribution in [1.29, 1.82) is 0 Å². The average molecular weight is 317 g/mol. The van der Waals surface area contributed by atoms with Crippen LogP contribution in [0.2, 0.25) is 10.0 Å². The topological polar surface area (TPSA) is 32.3 Å². The molecule has 6 heteroatoms. The standard InChI is InChI=1S/C13H14Cl2N2OS/c1-8-9(2)19-7-17(8)6-13(18)16-12-4-10(14)3-11(15)5-12/h3-5H,6-7H2,1-2H3,(H,16,18). The van der Waals surface area contributed by atoms with Crippen LogP contribution in [0.4, 0.5) is 5.69 Å². The molecule has 1 aromatic carbocycles. The molecule has 0 saturated heterocycles. The van der Waals surface area contributed by atoms with Crippen LogP contribution < -0.4 is 5.32 Å². The van der Waals surface area contributed by atoms with E-state index in [0.717, 1.165) is 11.6 Å². The van der Waals surface area contributed by atoms with Crippen molar-refractivity contribution in [3.63, 3.8) is 0 Å². The molecule has 0 unspecified atom stereocenters. The maximum absolute atomic E-state index is 12.0. The van der Waals surface area contributed by atoms with Gasteiger partial charge in [0.1, 0.15) is 0 Å². The summed E-state index contributed by atoms with van der Waals surface area (Å²) in [5, 5.41) is 3.82. The minimum absolute atomic E-state index is 0.0759. The van der Waals surface area contributed by atoms with Gasteiger partial charge < -0.3 is 10.2 Å². The zero-order valence-corrected chi connectivity index (χ0v) is 13.0. The summed E-state index contributed by atoms with van der Waals surface area (Å²) < 4.78 is 0. The van der Waals surface area contributed by atoms with Gasteiger partial charge in [0.15, 0.2) is 0 Å². The number of amides is 1. The molecule has 1 heterocycles.